The third kappa shape index (κ3) is 3.47. The van der Waals surface area contributed by atoms with Gasteiger partial charge in [-0.2, -0.15) is 5.10 Å². The van der Waals surface area contributed by atoms with Crippen LogP contribution in [0.4, 0.5) is 5.69 Å². The number of hydrogen-bond acceptors (Lipinski definition) is 3. The zero-order chi connectivity index (χ0) is 19.6. The molecule has 1 atom stereocenters. The van der Waals surface area contributed by atoms with E-state index in [1.807, 2.05) is 37.3 Å². The van der Waals surface area contributed by atoms with Gasteiger partial charge in [-0.15, -0.1) is 0 Å². The Morgan fingerprint density at radius 1 is 0.724 bits per heavy atom. The maximum absolute atomic E-state index is 5.97. The summed E-state index contributed by atoms with van der Waals surface area (Å²) < 4.78 is 5.97. The van der Waals surface area contributed by atoms with Crippen molar-refractivity contribution in [2.75, 3.05) is 5.01 Å². The first-order chi connectivity index (χ1) is 14.3. The van der Waals surface area contributed by atoms with E-state index in [2.05, 4.69) is 71.7 Å². The van der Waals surface area contributed by atoms with Gasteiger partial charge in [0.1, 0.15) is 17.6 Å². The molecule has 1 aromatic heterocycles. The van der Waals surface area contributed by atoms with Gasteiger partial charge in [0.05, 0.1) is 11.4 Å². The topological polar surface area (TPSA) is 28.7 Å². The first-order valence-electron chi connectivity index (χ1n) is 9.92. The summed E-state index contributed by atoms with van der Waals surface area (Å²) in [5, 5.41) is 7.07. The molecule has 0 fully saturated rings. The van der Waals surface area contributed by atoms with Crippen molar-refractivity contribution in [3.8, 4) is 11.1 Å². The summed E-state index contributed by atoms with van der Waals surface area (Å²) in [6.45, 7) is 1.98. The van der Waals surface area contributed by atoms with E-state index in [-0.39, 0.29) is 6.04 Å². The summed E-state index contributed by atoms with van der Waals surface area (Å²) >= 11 is 0. The SMILES string of the molecule is Cc1ccc(C2CC(c3ccc(-c4ccccc4)cc3)=NN2c2ccccc2)o1. The molecule has 0 saturated carbocycles. The van der Waals surface area contributed by atoms with Crippen molar-refractivity contribution < 1.29 is 4.42 Å². The highest BCUT2D eigenvalue weighted by molar-refractivity contribution is 6.03. The molecule has 0 radical (unpaired) electrons. The molecule has 0 amide bonds. The Labute approximate surface area is 170 Å². The summed E-state index contributed by atoms with van der Waals surface area (Å²) in [7, 11) is 0. The zero-order valence-corrected chi connectivity index (χ0v) is 16.3. The summed E-state index contributed by atoms with van der Waals surface area (Å²) in [5.41, 5.74) is 5.74. The highest BCUT2D eigenvalue weighted by Gasteiger charge is 2.32. The summed E-state index contributed by atoms with van der Waals surface area (Å²) in [4.78, 5) is 0. The van der Waals surface area contributed by atoms with Gasteiger partial charge in [-0.3, -0.25) is 5.01 Å². The van der Waals surface area contributed by atoms with Crippen LogP contribution in [0.5, 0.6) is 0 Å². The molecule has 1 unspecified atom stereocenters. The lowest BCUT2D eigenvalue weighted by Gasteiger charge is -2.21. The molecule has 1 aliphatic heterocycles. The molecule has 3 aromatic carbocycles. The van der Waals surface area contributed by atoms with Crippen LogP contribution in [0.1, 0.15) is 29.5 Å². The molecular weight excluding hydrogens is 356 g/mol. The van der Waals surface area contributed by atoms with E-state index in [1.165, 1.54) is 11.1 Å². The van der Waals surface area contributed by atoms with Gasteiger partial charge in [0.15, 0.2) is 0 Å². The number of hydrogen-bond donors (Lipinski definition) is 0. The summed E-state index contributed by atoms with van der Waals surface area (Å²) in [5.74, 6) is 1.87. The van der Waals surface area contributed by atoms with E-state index in [4.69, 9.17) is 9.52 Å². The maximum atomic E-state index is 5.97. The highest BCUT2D eigenvalue weighted by atomic mass is 16.3. The lowest BCUT2D eigenvalue weighted by molar-refractivity contribution is 0.445. The number of hydrazone groups is 1. The smallest absolute Gasteiger partial charge is 0.129 e. The predicted octanol–water partition coefficient (Wildman–Crippen LogP) is 6.61. The fourth-order valence-electron chi connectivity index (χ4n) is 3.84. The standard InChI is InChI=1S/C26H22N2O/c1-19-12-17-26(29-19)25-18-24(27-28(25)23-10-6-3-7-11-23)22-15-13-21(14-16-22)20-8-4-2-5-9-20/h2-17,25H,18H2,1H3. The normalized spacial score (nSPS) is 16.1. The second kappa shape index (κ2) is 7.44. The monoisotopic (exact) mass is 378 g/mol. The molecule has 1 aliphatic rings. The van der Waals surface area contributed by atoms with Crippen LogP contribution in [-0.2, 0) is 0 Å². The van der Waals surface area contributed by atoms with E-state index in [1.54, 1.807) is 0 Å². The molecule has 4 aromatic rings. The van der Waals surface area contributed by atoms with E-state index in [9.17, 15) is 0 Å². The van der Waals surface area contributed by atoms with Gasteiger partial charge in [-0.1, -0.05) is 72.8 Å². The van der Waals surface area contributed by atoms with Crippen molar-refractivity contribution in [2.45, 2.75) is 19.4 Å². The van der Waals surface area contributed by atoms with Crippen LogP contribution in [0, 0.1) is 6.92 Å². The zero-order valence-electron chi connectivity index (χ0n) is 16.3. The van der Waals surface area contributed by atoms with Crippen LogP contribution in [0.3, 0.4) is 0 Å². The summed E-state index contributed by atoms with van der Waals surface area (Å²) in [6.07, 6.45) is 0.812. The van der Waals surface area contributed by atoms with E-state index in [0.717, 1.165) is 34.9 Å². The molecule has 5 rings (SSSR count). The third-order valence-electron chi connectivity index (χ3n) is 5.35. The van der Waals surface area contributed by atoms with Crippen LogP contribution in [-0.4, -0.2) is 5.71 Å². The Bertz CT molecular complexity index is 1130. The number of benzene rings is 3. The minimum Gasteiger partial charge on any atom is -0.464 e. The molecule has 0 N–H and O–H groups in total. The Morgan fingerprint density at radius 3 is 2.00 bits per heavy atom. The fraction of sp³-hybridized carbons (Fsp3) is 0.115. The highest BCUT2D eigenvalue weighted by Crippen LogP contribution is 2.37. The lowest BCUT2D eigenvalue weighted by Crippen LogP contribution is -2.17. The van der Waals surface area contributed by atoms with Crippen molar-refractivity contribution in [3.05, 3.63) is 114 Å². The number of para-hydroxylation sites is 1. The molecule has 0 spiro atoms. The number of anilines is 1. The van der Waals surface area contributed by atoms with Crippen LogP contribution in [0.25, 0.3) is 11.1 Å². The van der Waals surface area contributed by atoms with Crippen molar-refractivity contribution >= 4 is 11.4 Å². The van der Waals surface area contributed by atoms with E-state index in [0.29, 0.717) is 0 Å². The number of furan rings is 1. The fourth-order valence-corrected chi connectivity index (χ4v) is 3.84. The Morgan fingerprint density at radius 2 is 1.34 bits per heavy atom. The van der Waals surface area contributed by atoms with E-state index < -0.39 is 0 Å². The first kappa shape index (κ1) is 17.5. The van der Waals surface area contributed by atoms with Gasteiger partial charge < -0.3 is 4.42 Å². The van der Waals surface area contributed by atoms with Gasteiger partial charge in [0, 0.05) is 6.42 Å². The van der Waals surface area contributed by atoms with Crippen LogP contribution < -0.4 is 5.01 Å². The average molecular weight is 378 g/mol. The average Bonchev–Trinajstić information content (AvgIpc) is 3.42. The largest absolute Gasteiger partial charge is 0.464 e. The van der Waals surface area contributed by atoms with Crippen molar-refractivity contribution in [3.63, 3.8) is 0 Å². The van der Waals surface area contributed by atoms with E-state index >= 15 is 0 Å². The van der Waals surface area contributed by atoms with Crippen LogP contribution in [0.15, 0.2) is 107 Å². The molecule has 3 heteroatoms. The van der Waals surface area contributed by atoms with Gasteiger partial charge in [-0.05, 0) is 47.9 Å². The number of nitrogens with zero attached hydrogens (tertiary/aromatic N) is 2. The second-order valence-electron chi connectivity index (χ2n) is 7.34. The minimum absolute atomic E-state index is 0.0647. The third-order valence-corrected chi connectivity index (χ3v) is 5.35. The second-order valence-corrected chi connectivity index (χ2v) is 7.34. The molecular formula is C26H22N2O. The Kier molecular flexibility index (Phi) is 4.49. The van der Waals surface area contributed by atoms with Crippen molar-refractivity contribution in [1.29, 1.82) is 0 Å². The maximum Gasteiger partial charge on any atom is 0.129 e. The lowest BCUT2D eigenvalue weighted by atomic mass is 9.99. The van der Waals surface area contributed by atoms with Gasteiger partial charge in [-0.25, -0.2) is 0 Å². The quantitative estimate of drug-likeness (QED) is 0.400. The number of rotatable bonds is 4. The van der Waals surface area contributed by atoms with Gasteiger partial charge in [0.25, 0.3) is 0 Å². The predicted molar refractivity (Wildman–Crippen MR) is 118 cm³/mol. The molecule has 3 nitrogen and oxygen atoms in total. The van der Waals surface area contributed by atoms with Crippen molar-refractivity contribution in [1.82, 2.24) is 0 Å². The molecule has 142 valence electrons. The van der Waals surface area contributed by atoms with Gasteiger partial charge in [0.2, 0.25) is 0 Å². The molecule has 0 saturated heterocycles. The summed E-state index contributed by atoms with van der Waals surface area (Å²) in [6, 6.07) is 33.6. The number of aryl methyl sites for hydroxylation is 1. The molecule has 29 heavy (non-hydrogen) atoms. The van der Waals surface area contributed by atoms with Crippen LogP contribution in [0.2, 0.25) is 0 Å². The minimum atomic E-state index is 0.0647. The Hall–Kier alpha value is -3.59. The van der Waals surface area contributed by atoms with Crippen LogP contribution >= 0.6 is 0 Å². The molecule has 0 aliphatic carbocycles. The molecule has 2 heterocycles. The first-order valence-corrected chi connectivity index (χ1v) is 9.92. The van der Waals surface area contributed by atoms with Crippen molar-refractivity contribution in [2.24, 2.45) is 5.10 Å². The van der Waals surface area contributed by atoms with Gasteiger partial charge >= 0.3 is 0 Å². The molecule has 0 bridgehead atoms. The Balaban J connectivity index is 1.48.